The molecule has 0 aliphatic rings. The zero-order valence-corrected chi connectivity index (χ0v) is 11.8. The number of thiocarbonyl (C=S) groups is 1. The number of rotatable bonds is 2. The van der Waals surface area contributed by atoms with Gasteiger partial charge in [-0.1, -0.05) is 42.5 Å². The van der Waals surface area contributed by atoms with Crippen LogP contribution in [0.2, 0.25) is 0 Å². The molecule has 1 aromatic carbocycles. The highest BCUT2D eigenvalue weighted by Gasteiger charge is 2.37. The molecule has 8 heteroatoms. The maximum absolute atomic E-state index is 12.9. The number of nitrogens with two attached hydrogens (primary N) is 1. The van der Waals surface area contributed by atoms with E-state index in [-0.39, 0.29) is 16.2 Å². The van der Waals surface area contributed by atoms with E-state index in [0.29, 0.717) is 11.3 Å². The maximum atomic E-state index is 12.9. The quantitative estimate of drug-likeness (QED) is 0.737. The summed E-state index contributed by atoms with van der Waals surface area (Å²) >= 11 is 4.87. The molecule has 0 saturated heterocycles. The molecule has 0 radical (unpaired) electrons. The van der Waals surface area contributed by atoms with Crippen molar-refractivity contribution in [3.8, 4) is 11.3 Å². The molecule has 0 aliphatic carbocycles. The summed E-state index contributed by atoms with van der Waals surface area (Å²) in [5.74, 6) is -1.23. The lowest BCUT2D eigenvalue weighted by Gasteiger charge is -2.07. The minimum atomic E-state index is -4.65. The molecule has 0 aliphatic heterocycles. The molecule has 2 N–H and O–H groups in total. The highest BCUT2D eigenvalue weighted by atomic mass is 32.1. The van der Waals surface area contributed by atoms with Gasteiger partial charge in [-0.05, 0) is 12.1 Å². The number of pyridine rings is 1. The molecule has 0 amide bonds. The third-order valence-corrected chi connectivity index (χ3v) is 3.29. The number of benzene rings is 1. The minimum absolute atomic E-state index is 0.0128. The van der Waals surface area contributed by atoms with E-state index < -0.39 is 12.0 Å². The summed E-state index contributed by atoms with van der Waals surface area (Å²) in [6, 6.07) is 12.1. The van der Waals surface area contributed by atoms with Gasteiger partial charge in [-0.25, -0.2) is 9.50 Å². The van der Waals surface area contributed by atoms with Gasteiger partial charge in [-0.15, -0.1) is 5.10 Å². The van der Waals surface area contributed by atoms with Crippen molar-refractivity contribution in [2.45, 2.75) is 6.18 Å². The molecule has 0 bridgehead atoms. The van der Waals surface area contributed by atoms with Gasteiger partial charge in [0.15, 0.2) is 5.65 Å². The van der Waals surface area contributed by atoms with Crippen LogP contribution in [0.4, 0.5) is 13.2 Å². The Morgan fingerprint density at radius 3 is 2.36 bits per heavy atom. The molecule has 22 heavy (non-hydrogen) atoms. The second-order valence-corrected chi connectivity index (χ2v) is 4.97. The number of fused-ring (bicyclic) bond motifs is 1. The monoisotopic (exact) mass is 322 g/mol. The van der Waals surface area contributed by atoms with Gasteiger partial charge in [0, 0.05) is 5.56 Å². The van der Waals surface area contributed by atoms with Gasteiger partial charge < -0.3 is 5.73 Å². The molecular formula is C14H9F3N4S. The first-order valence-corrected chi connectivity index (χ1v) is 6.61. The lowest BCUT2D eigenvalue weighted by molar-refractivity contribution is -0.144. The first-order chi connectivity index (χ1) is 10.4. The van der Waals surface area contributed by atoms with Crippen LogP contribution < -0.4 is 5.73 Å². The lowest BCUT2D eigenvalue weighted by atomic mass is 10.1. The zero-order valence-electron chi connectivity index (χ0n) is 11.0. The fraction of sp³-hybridized carbons (Fsp3) is 0.0714. The molecular weight excluding hydrogens is 313 g/mol. The van der Waals surface area contributed by atoms with E-state index in [1.807, 2.05) is 6.07 Å². The Morgan fingerprint density at radius 1 is 1.09 bits per heavy atom. The summed E-state index contributed by atoms with van der Waals surface area (Å²) < 4.78 is 39.8. The summed E-state index contributed by atoms with van der Waals surface area (Å²) in [6.07, 6.45) is -4.65. The zero-order chi connectivity index (χ0) is 15.9. The first kappa shape index (κ1) is 14.5. The normalized spacial score (nSPS) is 11.8. The van der Waals surface area contributed by atoms with E-state index in [1.54, 1.807) is 36.4 Å². The van der Waals surface area contributed by atoms with Crippen molar-refractivity contribution in [2.75, 3.05) is 0 Å². The second-order valence-electron chi connectivity index (χ2n) is 4.53. The van der Waals surface area contributed by atoms with Crippen molar-refractivity contribution in [3.05, 3.63) is 53.9 Å². The molecule has 3 rings (SSSR count). The van der Waals surface area contributed by atoms with E-state index in [2.05, 4.69) is 10.1 Å². The minimum Gasteiger partial charge on any atom is -0.389 e. The number of hydrogen-bond donors (Lipinski definition) is 1. The van der Waals surface area contributed by atoms with Crippen molar-refractivity contribution in [2.24, 2.45) is 5.73 Å². The molecule has 0 saturated carbocycles. The number of nitrogens with zero attached hydrogens (tertiary/aromatic N) is 3. The van der Waals surface area contributed by atoms with Gasteiger partial charge in [-0.2, -0.15) is 13.2 Å². The number of alkyl halides is 3. The van der Waals surface area contributed by atoms with Gasteiger partial charge in [0.1, 0.15) is 4.99 Å². The van der Waals surface area contributed by atoms with Crippen LogP contribution in [-0.2, 0) is 6.18 Å². The second kappa shape index (κ2) is 5.06. The molecule has 2 aromatic heterocycles. The SMILES string of the molecule is NC(=S)c1ccc(-c2ccccc2)n2nc(C(F)(F)F)nc12. The standard InChI is InChI=1S/C14H9F3N4S/c15-14(16,17)13-19-12-9(11(18)22)6-7-10(21(12)20-13)8-4-2-1-3-5-8/h1-7H,(H2,18,22). The van der Waals surface area contributed by atoms with Crippen LogP contribution >= 0.6 is 12.2 Å². The highest BCUT2D eigenvalue weighted by Crippen LogP contribution is 2.29. The van der Waals surface area contributed by atoms with Gasteiger partial charge in [0.05, 0.1) is 11.3 Å². The van der Waals surface area contributed by atoms with Crippen LogP contribution in [0.3, 0.4) is 0 Å². The molecule has 3 aromatic rings. The fourth-order valence-electron chi connectivity index (χ4n) is 2.10. The van der Waals surface area contributed by atoms with Crippen LogP contribution in [0.5, 0.6) is 0 Å². The maximum Gasteiger partial charge on any atom is 0.453 e. The van der Waals surface area contributed by atoms with Gasteiger partial charge in [-0.3, -0.25) is 0 Å². The predicted octanol–water partition coefficient (Wildman–Crippen LogP) is 3.05. The Labute approximate surface area is 128 Å². The largest absolute Gasteiger partial charge is 0.453 e. The van der Waals surface area contributed by atoms with Crippen LogP contribution in [0.15, 0.2) is 42.5 Å². The van der Waals surface area contributed by atoms with E-state index in [4.69, 9.17) is 18.0 Å². The van der Waals surface area contributed by atoms with Crippen molar-refractivity contribution in [1.29, 1.82) is 0 Å². The third-order valence-electron chi connectivity index (χ3n) is 3.07. The Morgan fingerprint density at radius 2 is 1.77 bits per heavy atom. The molecule has 2 heterocycles. The van der Waals surface area contributed by atoms with E-state index >= 15 is 0 Å². The first-order valence-electron chi connectivity index (χ1n) is 6.20. The Bertz CT molecular complexity index is 856. The lowest BCUT2D eigenvalue weighted by Crippen LogP contribution is -2.12. The summed E-state index contributed by atoms with van der Waals surface area (Å²) in [4.78, 5) is 3.51. The van der Waals surface area contributed by atoms with Gasteiger partial charge in [0.25, 0.3) is 5.82 Å². The van der Waals surface area contributed by atoms with Crippen LogP contribution in [-0.4, -0.2) is 19.6 Å². The van der Waals surface area contributed by atoms with Crippen LogP contribution in [0, 0.1) is 0 Å². The summed E-state index contributed by atoms with van der Waals surface area (Å²) in [6.45, 7) is 0. The molecule has 0 spiro atoms. The highest BCUT2D eigenvalue weighted by molar-refractivity contribution is 7.80. The van der Waals surface area contributed by atoms with Crippen molar-refractivity contribution < 1.29 is 13.2 Å². The van der Waals surface area contributed by atoms with Gasteiger partial charge >= 0.3 is 6.18 Å². The summed E-state index contributed by atoms with van der Waals surface area (Å²) in [5, 5.41) is 3.57. The molecule has 4 nitrogen and oxygen atoms in total. The Kier molecular flexibility index (Phi) is 3.32. The predicted molar refractivity (Wildman–Crippen MR) is 79.3 cm³/mol. The topological polar surface area (TPSA) is 56.2 Å². The average molecular weight is 322 g/mol. The Hall–Kier alpha value is -2.48. The molecule has 112 valence electrons. The molecule has 0 unspecified atom stereocenters. The third kappa shape index (κ3) is 2.41. The van der Waals surface area contributed by atoms with Crippen molar-refractivity contribution in [1.82, 2.24) is 14.6 Å². The average Bonchev–Trinajstić information content (AvgIpc) is 2.92. The number of halogens is 3. The van der Waals surface area contributed by atoms with Gasteiger partial charge in [0.2, 0.25) is 0 Å². The number of aromatic nitrogens is 3. The summed E-state index contributed by atoms with van der Waals surface area (Å²) in [7, 11) is 0. The van der Waals surface area contributed by atoms with E-state index in [9.17, 15) is 13.2 Å². The van der Waals surface area contributed by atoms with Crippen molar-refractivity contribution in [3.63, 3.8) is 0 Å². The summed E-state index contributed by atoms with van der Waals surface area (Å²) in [5.41, 5.74) is 6.97. The van der Waals surface area contributed by atoms with Crippen molar-refractivity contribution >= 4 is 22.9 Å². The molecule has 0 fully saturated rings. The smallest absolute Gasteiger partial charge is 0.389 e. The van der Waals surface area contributed by atoms with E-state index in [1.165, 1.54) is 0 Å². The number of hydrogen-bond acceptors (Lipinski definition) is 3. The molecule has 0 atom stereocenters. The Balaban J connectivity index is 2.34. The van der Waals surface area contributed by atoms with Crippen LogP contribution in [0.1, 0.15) is 11.4 Å². The van der Waals surface area contributed by atoms with Crippen LogP contribution in [0.25, 0.3) is 16.9 Å². The van der Waals surface area contributed by atoms with E-state index in [0.717, 1.165) is 4.52 Å². The fourth-order valence-corrected chi connectivity index (χ4v) is 2.26.